The van der Waals surface area contributed by atoms with Gasteiger partial charge < -0.3 is 14.2 Å². The minimum atomic E-state index is -1.04. The molecular formula is C17H27BFN3O3. The SMILES string of the molecule is CCN(CC)C(=O)Cn1cc(C=C(F)B2OC(C)(C)C(C)(C)O2)cn1. The molecule has 1 aliphatic rings. The lowest BCUT2D eigenvalue weighted by atomic mass is 9.87. The van der Waals surface area contributed by atoms with Crippen LogP contribution in [0.25, 0.3) is 6.08 Å². The highest BCUT2D eigenvalue weighted by Gasteiger charge is 2.53. The van der Waals surface area contributed by atoms with Crippen molar-refractivity contribution in [2.24, 2.45) is 0 Å². The number of likely N-dealkylation sites (N-methyl/N-ethyl adjacent to an activating group) is 1. The van der Waals surface area contributed by atoms with Gasteiger partial charge in [0.1, 0.15) is 12.3 Å². The van der Waals surface area contributed by atoms with Gasteiger partial charge in [0.2, 0.25) is 5.91 Å². The van der Waals surface area contributed by atoms with Crippen LogP contribution in [0, 0.1) is 0 Å². The number of aromatic nitrogens is 2. The molecule has 1 fully saturated rings. The molecule has 1 amide bonds. The largest absolute Gasteiger partial charge is 0.525 e. The van der Waals surface area contributed by atoms with Gasteiger partial charge >= 0.3 is 7.12 Å². The van der Waals surface area contributed by atoms with Gasteiger partial charge in [-0.15, -0.1) is 0 Å². The molecule has 0 saturated carbocycles. The summed E-state index contributed by atoms with van der Waals surface area (Å²) in [5.41, 5.74) is -1.15. The number of carbonyl (C=O) groups is 1. The topological polar surface area (TPSA) is 56.6 Å². The van der Waals surface area contributed by atoms with E-state index in [-0.39, 0.29) is 12.5 Å². The second-order valence-corrected chi connectivity index (χ2v) is 7.15. The number of halogens is 1. The number of nitrogens with zero attached hydrogens (tertiary/aromatic N) is 3. The molecule has 25 heavy (non-hydrogen) atoms. The lowest BCUT2D eigenvalue weighted by Gasteiger charge is -2.32. The van der Waals surface area contributed by atoms with Gasteiger partial charge in [0.25, 0.3) is 0 Å². The Balaban J connectivity index is 2.05. The molecule has 0 spiro atoms. The molecule has 2 heterocycles. The van der Waals surface area contributed by atoms with Gasteiger partial charge in [-0.05, 0) is 47.6 Å². The highest BCUT2D eigenvalue weighted by Crippen LogP contribution is 2.39. The molecule has 0 aliphatic carbocycles. The minimum absolute atomic E-state index is 0.0185. The van der Waals surface area contributed by atoms with E-state index in [1.54, 1.807) is 11.1 Å². The molecule has 6 nitrogen and oxygen atoms in total. The Hall–Kier alpha value is -1.67. The van der Waals surface area contributed by atoms with Crippen LogP contribution in [0.5, 0.6) is 0 Å². The predicted molar refractivity (Wildman–Crippen MR) is 95.3 cm³/mol. The van der Waals surface area contributed by atoms with Gasteiger partial charge in [0, 0.05) is 24.8 Å². The average molecular weight is 351 g/mol. The summed E-state index contributed by atoms with van der Waals surface area (Å²) in [7, 11) is -1.04. The van der Waals surface area contributed by atoms with E-state index >= 15 is 0 Å². The molecule has 1 aliphatic heterocycles. The molecule has 1 aromatic heterocycles. The number of carbonyl (C=O) groups excluding carboxylic acids is 1. The second-order valence-electron chi connectivity index (χ2n) is 7.15. The van der Waals surface area contributed by atoms with Gasteiger partial charge in [0.15, 0.2) is 0 Å². The van der Waals surface area contributed by atoms with Crippen molar-refractivity contribution >= 4 is 19.1 Å². The Kier molecular flexibility index (Phi) is 5.73. The van der Waals surface area contributed by atoms with Crippen LogP contribution in [-0.2, 0) is 20.6 Å². The fourth-order valence-corrected chi connectivity index (χ4v) is 2.54. The highest BCUT2D eigenvalue weighted by molar-refractivity contribution is 6.54. The summed E-state index contributed by atoms with van der Waals surface area (Å²) in [6.45, 7) is 12.8. The molecule has 0 radical (unpaired) electrons. The summed E-state index contributed by atoms with van der Waals surface area (Å²) >= 11 is 0. The van der Waals surface area contributed by atoms with Crippen LogP contribution in [0.4, 0.5) is 4.39 Å². The molecule has 0 aromatic carbocycles. The summed E-state index contributed by atoms with van der Waals surface area (Å²) in [6.07, 6.45) is 4.47. The van der Waals surface area contributed by atoms with Crippen molar-refractivity contribution in [3.8, 4) is 0 Å². The van der Waals surface area contributed by atoms with Crippen LogP contribution in [0.2, 0.25) is 0 Å². The Morgan fingerprint density at radius 2 is 1.84 bits per heavy atom. The van der Waals surface area contributed by atoms with Gasteiger partial charge in [-0.2, -0.15) is 5.10 Å². The summed E-state index contributed by atoms with van der Waals surface area (Å²) < 4.78 is 27.3. The molecule has 1 saturated heterocycles. The van der Waals surface area contributed by atoms with Crippen molar-refractivity contribution in [2.75, 3.05) is 13.1 Å². The normalized spacial score (nSPS) is 19.3. The van der Waals surface area contributed by atoms with E-state index in [4.69, 9.17) is 9.31 Å². The summed E-state index contributed by atoms with van der Waals surface area (Å²) in [4.78, 5) is 13.8. The molecule has 2 rings (SSSR count). The van der Waals surface area contributed by atoms with Crippen LogP contribution in [-0.4, -0.2) is 52.0 Å². The zero-order chi connectivity index (χ0) is 18.8. The predicted octanol–water partition coefficient (Wildman–Crippen LogP) is 2.69. The average Bonchev–Trinajstić information content (AvgIpc) is 3.02. The third-order valence-electron chi connectivity index (χ3n) is 4.85. The molecule has 0 unspecified atom stereocenters. The highest BCUT2D eigenvalue weighted by atomic mass is 19.1. The molecule has 1 aromatic rings. The van der Waals surface area contributed by atoms with Gasteiger partial charge in [0.05, 0.1) is 17.4 Å². The summed E-state index contributed by atoms with van der Waals surface area (Å²) in [6, 6.07) is 0. The van der Waals surface area contributed by atoms with Crippen molar-refractivity contribution < 1.29 is 18.5 Å². The first kappa shape index (κ1) is 19.7. The molecule has 0 bridgehead atoms. The first-order chi connectivity index (χ1) is 11.6. The zero-order valence-corrected chi connectivity index (χ0v) is 15.9. The number of hydrogen-bond acceptors (Lipinski definition) is 4. The fourth-order valence-electron chi connectivity index (χ4n) is 2.54. The summed E-state index contributed by atoms with van der Waals surface area (Å²) in [5, 5.41) is 4.12. The number of hydrogen-bond donors (Lipinski definition) is 0. The third-order valence-corrected chi connectivity index (χ3v) is 4.85. The molecule has 0 N–H and O–H groups in total. The van der Waals surface area contributed by atoms with Crippen molar-refractivity contribution in [1.82, 2.24) is 14.7 Å². The van der Waals surface area contributed by atoms with Gasteiger partial charge in [-0.3, -0.25) is 9.48 Å². The maximum atomic E-state index is 14.5. The van der Waals surface area contributed by atoms with Crippen LogP contribution >= 0.6 is 0 Å². The van der Waals surface area contributed by atoms with E-state index in [0.717, 1.165) is 0 Å². The lowest BCUT2D eigenvalue weighted by Crippen LogP contribution is -2.41. The van der Waals surface area contributed by atoms with E-state index < -0.39 is 24.0 Å². The number of amides is 1. The van der Waals surface area contributed by atoms with E-state index in [1.807, 2.05) is 41.5 Å². The standard InChI is InChI=1S/C17H27BFN3O3/c1-7-21(8-2)15(23)12-22-11-13(10-20-22)9-14(19)18-24-16(3,4)17(5,6)25-18/h9-11H,7-8,12H2,1-6H3. The van der Waals surface area contributed by atoms with E-state index in [0.29, 0.717) is 18.7 Å². The van der Waals surface area contributed by atoms with E-state index in [1.165, 1.54) is 17.0 Å². The smallest absolute Gasteiger partial charge is 0.398 e. The Labute approximate surface area is 149 Å². The minimum Gasteiger partial charge on any atom is -0.398 e. The van der Waals surface area contributed by atoms with Crippen LogP contribution in [0.1, 0.15) is 47.1 Å². The molecule has 0 atom stereocenters. The third kappa shape index (κ3) is 4.30. The monoisotopic (exact) mass is 351 g/mol. The van der Waals surface area contributed by atoms with Crippen molar-refractivity contribution in [1.29, 1.82) is 0 Å². The first-order valence-electron chi connectivity index (χ1n) is 8.62. The first-order valence-corrected chi connectivity index (χ1v) is 8.62. The number of rotatable bonds is 6. The van der Waals surface area contributed by atoms with Crippen molar-refractivity contribution in [3.05, 3.63) is 23.7 Å². The van der Waals surface area contributed by atoms with Gasteiger partial charge in [-0.25, -0.2) is 4.39 Å². The summed E-state index contributed by atoms with van der Waals surface area (Å²) in [5.74, 6) is -0.0185. The van der Waals surface area contributed by atoms with E-state index in [2.05, 4.69) is 5.10 Å². The second kappa shape index (κ2) is 7.29. The molecule has 8 heteroatoms. The Morgan fingerprint density at radius 3 is 2.36 bits per heavy atom. The van der Waals surface area contributed by atoms with Crippen molar-refractivity contribution in [3.63, 3.8) is 0 Å². The maximum Gasteiger partial charge on any atom is 0.525 e. The fraction of sp³-hybridized carbons (Fsp3) is 0.647. The Morgan fingerprint density at radius 1 is 1.28 bits per heavy atom. The molecule has 138 valence electrons. The lowest BCUT2D eigenvalue weighted by molar-refractivity contribution is -0.131. The maximum absolute atomic E-state index is 14.5. The van der Waals surface area contributed by atoms with Crippen molar-refractivity contribution in [2.45, 2.75) is 59.3 Å². The van der Waals surface area contributed by atoms with Crippen LogP contribution in [0.15, 0.2) is 18.1 Å². The van der Waals surface area contributed by atoms with Crippen LogP contribution < -0.4 is 0 Å². The quantitative estimate of drug-likeness (QED) is 0.740. The van der Waals surface area contributed by atoms with Gasteiger partial charge in [-0.1, -0.05) is 0 Å². The molecular weight excluding hydrogens is 324 g/mol. The Bertz CT molecular complexity index is 637. The van der Waals surface area contributed by atoms with E-state index in [9.17, 15) is 9.18 Å². The zero-order valence-electron chi connectivity index (χ0n) is 15.9. The van der Waals surface area contributed by atoms with Crippen LogP contribution in [0.3, 0.4) is 0 Å².